The van der Waals surface area contributed by atoms with Crippen LogP contribution in [0, 0.1) is 0 Å². The molecule has 4 aromatic rings. The van der Waals surface area contributed by atoms with Crippen molar-refractivity contribution in [1.29, 1.82) is 0 Å². The normalized spacial score (nSPS) is 18.2. The number of allylic oxidation sites excluding steroid dienone is 1. The standard InChI is InChI=1S/C38H36N2O6/c1-2-30(25-9-4-3-5-10-25)35(26-13-17-28(41)18-14-26)27-15-19-29(20-16-27)45-23-8-24-46-38-32-12-7-6-11-31(32)37(44)40(38)33-21-22-34(42)39-36(33)43/h3-7,9-20,33,38,41H,2,8,21-24H2,1H3,(H,39,42,43). The Labute approximate surface area is 268 Å². The van der Waals surface area contributed by atoms with Gasteiger partial charge in [0, 0.05) is 24.0 Å². The molecule has 2 atom stereocenters. The van der Waals surface area contributed by atoms with Crippen molar-refractivity contribution >= 4 is 28.9 Å². The molecule has 8 nitrogen and oxygen atoms in total. The van der Waals surface area contributed by atoms with E-state index in [0.29, 0.717) is 30.8 Å². The Hall–Kier alpha value is -5.21. The Morgan fingerprint density at radius 1 is 0.826 bits per heavy atom. The maximum absolute atomic E-state index is 13.3. The van der Waals surface area contributed by atoms with E-state index in [1.54, 1.807) is 24.3 Å². The van der Waals surface area contributed by atoms with Crippen molar-refractivity contribution < 1.29 is 29.0 Å². The summed E-state index contributed by atoms with van der Waals surface area (Å²) in [5, 5.41) is 12.2. The molecule has 4 aromatic carbocycles. The number of amides is 3. The lowest BCUT2D eigenvalue weighted by molar-refractivity contribution is -0.141. The van der Waals surface area contributed by atoms with Crippen LogP contribution in [-0.4, -0.2) is 47.0 Å². The number of fused-ring (bicyclic) bond motifs is 1. The highest BCUT2D eigenvalue weighted by molar-refractivity contribution is 6.05. The molecule has 0 spiro atoms. The molecule has 0 aromatic heterocycles. The van der Waals surface area contributed by atoms with E-state index in [0.717, 1.165) is 34.4 Å². The molecule has 0 bridgehead atoms. The first-order valence-electron chi connectivity index (χ1n) is 15.6. The maximum Gasteiger partial charge on any atom is 0.257 e. The van der Waals surface area contributed by atoms with E-state index in [-0.39, 0.29) is 30.4 Å². The van der Waals surface area contributed by atoms with Crippen LogP contribution in [0.3, 0.4) is 0 Å². The van der Waals surface area contributed by atoms with Gasteiger partial charge >= 0.3 is 0 Å². The zero-order valence-electron chi connectivity index (χ0n) is 25.6. The number of hydrogen-bond acceptors (Lipinski definition) is 6. The number of rotatable bonds is 11. The van der Waals surface area contributed by atoms with Gasteiger partial charge in [-0.05, 0) is 71.0 Å². The number of carbonyl (C=O) groups excluding carboxylic acids is 3. The number of imide groups is 1. The number of piperidine rings is 1. The first-order chi connectivity index (χ1) is 22.4. The summed E-state index contributed by atoms with van der Waals surface area (Å²) in [4.78, 5) is 39.1. The Morgan fingerprint density at radius 2 is 1.50 bits per heavy atom. The minimum Gasteiger partial charge on any atom is -0.508 e. The first-order valence-corrected chi connectivity index (χ1v) is 15.6. The molecule has 2 heterocycles. The SMILES string of the molecule is CCC(=C(c1ccc(O)cc1)c1ccc(OCCCOC2c3ccccc3C(=O)N2C2CCC(=O)NC2=O)cc1)c1ccccc1. The highest BCUT2D eigenvalue weighted by Crippen LogP contribution is 2.38. The third kappa shape index (κ3) is 6.43. The van der Waals surface area contributed by atoms with E-state index in [4.69, 9.17) is 9.47 Å². The highest BCUT2D eigenvalue weighted by atomic mass is 16.5. The zero-order chi connectivity index (χ0) is 32.0. The molecule has 2 aliphatic rings. The topological polar surface area (TPSA) is 105 Å². The number of ether oxygens (including phenoxy) is 2. The van der Waals surface area contributed by atoms with E-state index in [1.165, 1.54) is 10.5 Å². The van der Waals surface area contributed by atoms with Crippen molar-refractivity contribution in [3.8, 4) is 11.5 Å². The van der Waals surface area contributed by atoms with Crippen LogP contribution in [0.2, 0.25) is 0 Å². The molecule has 3 amide bonds. The van der Waals surface area contributed by atoms with Crippen molar-refractivity contribution in [2.75, 3.05) is 13.2 Å². The monoisotopic (exact) mass is 616 g/mol. The summed E-state index contributed by atoms with van der Waals surface area (Å²) >= 11 is 0. The van der Waals surface area contributed by atoms with Crippen LogP contribution in [-0.2, 0) is 14.3 Å². The van der Waals surface area contributed by atoms with Crippen LogP contribution >= 0.6 is 0 Å². The van der Waals surface area contributed by atoms with E-state index < -0.39 is 18.2 Å². The molecule has 2 N–H and O–H groups in total. The quantitative estimate of drug-likeness (QED) is 0.113. The predicted octanol–water partition coefficient (Wildman–Crippen LogP) is 6.51. The highest BCUT2D eigenvalue weighted by Gasteiger charge is 2.45. The van der Waals surface area contributed by atoms with Gasteiger partial charge in [0.15, 0.2) is 6.23 Å². The largest absolute Gasteiger partial charge is 0.508 e. The molecular formula is C38H36N2O6. The number of benzene rings is 4. The second kappa shape index (κ2) is 13.8. The molecular weight excluding hydrogens is 580 g/mol. The summed E-state index contributed by atoms with van der Waals surface area (Å²) in [7, 11) is 0. The average Bonchev–Trinajstić information content (AvgIpc) is 3.35. The Bertz CT molecular complexity index is 1750. The number of nitrogens with one attached hydrogen (secondary N) is 1. The van der Waals surface area contributed by atoms with Gasteiger partial charge in [0.1, 0.15) is 17.5 Å². The zero-order valence-corrected chi connectivity index (χ0v) is 25.6. The van der Waals surface area contributed by atoms with Gasteiger partial charge in [-0.2, -0.15) is 0 Å². The summed E-state index contributed by atoms with van der Waals surface area (Å²) in [5.74, 6) is -0.136. The number of hydrogen-bond donors (Lipinski definition) is 2. The minimum absolute atomic E-state index is 0.175. The third-order valence-electron chi connectivity index (χ3n) is 8.40. The molecule has 1 fully saturated rings. The van der Waals surface area contributed by atoms with Gasteiger partial charge < -0.3 is 14.6 Å². The Morgan fingerprint density at radius 3 is 2.20 bits per heavy atom. The Balaban J connectivity index is 1.12. The van der Waals surface area contributed by atoms with Crippen LogP contribution < -0.4 is 10.1 Å². The Kier molecular flexibility index (Phi) is 9.26. The van der Waals surface area contributed by atoms with Gasteiger partial charge in [-0.1, -0.05) is 79.7 Å². The van der Waals surface area contributed by atoms with Crippen molar-refractivity contribution in [1.82, 2.24) is 10.2 Å². The molecule has 6 rings (SSSR count). The van der Waals surface area contributed by atoms with Crippen molar-refractivity contribution in [3.63, 3.8) is 0 Å². The lowest BCUT2D eigenvalue weighted by Crippen LogP contribution is -2.53. The molecule has 0 radical (unpaired) electrons. The van der Waals surface area contributed by atoms with Crippen LogP contribution in [0.25, 0.3) is 11.1 Å². The lowest BCUT2D eigenvalue weighted by atomic mass is 9.88. The molecule has 8 heteroatoms. The third-order valence-corrected chi connectivity index (χ3v) is 8.40. The van der Waals surface area contributed by atoms with E-state index >= 15 is 0 Å². The maximum atomic E-state index is 13.3. The van der Waals surface area contributed by atoms with Gasteiger partial charge in [0.05, 0.1) is 13.2 Å². The summed E-state index contributed by atoms with van der Waals surface area (Å²) in [6, 6.07) is 32.0. The van der Waals surface area contributed by atoms with E-state index in [1.807, 2.05) is 66.7 Å². The second-order valence-electron chi connectivity index (χ2n) is 11.3. The minimum atomic E-state index is -0.770. The van der Waals surface area contributed by atoms with Gasteiger partial charge in [-0.15, -0.1) is 0 Å². The molecule has 0 saturated carbocycles. The summed E-state index contributed by atoms with van der Waals surface area (Å²) in [6.07, 6.45) is 1.11. The van der Waals surface area contributed by atoms with Crippen LogP contribution in [0.1, 0.15) is 71.4 Å². The van der Waals surface area contributed by atoms with Gasteiger partial charge in [0.25, 0.3) is 5.91 Å². The van der Waals surface area contributed by atoms with Gasteiger partial charge in [-0.3, -0.25) is 24.6 Å². The number of phenols is 1. The number of phenolic OH excluding ortho intramolecular Hbond substituents is 1. The molecule has 2 aliphatic heterocycles. The van der Waals surface area contributed by atoms with Crippen molar-refractivity contribution in [3.05, 3.63) is 131 Å². The van der Waals surface area contributed by atoms with Crippen LogP contribution in [0.4, 0.5) is 0 Å². The smallest absolute Gasteiger partial charge is 0.257 e. The molecule has 1 saturated heterocycles. The van der Waals surface area contributed by atoms with E-state index in [9.17, 15) is 19.5 Å². The fraction of sp³-hybridized carbons (Fsp3) is 0.237. The number of aromatic hydroxyl groups is 1. The number of carbonyl (C=O) groups is 3. The summed E-state index contributed by atoms with van der Waals surface area (Å²) < 4.78 is 12.3. The fourth-order valence-electron chi connectivity index (χ4n) is 6.19. The summed E-state index contributed by atoms with van der Waals surface area (Å²) in [5.41, 5.74) is 6.73. The van der Waals surface area contributed by atoms with Gasteiger partial charge in [0.2, 0.25) is 11.8 Å². The van der Waals surface area contributed by atoms with Gasteiger partial charge in [-0.25, -0.2) is 0 Å². The molecule has 234 valence electrons. The fourth-order valence-corrected chi connectivity index (χ4v) is 6.19. The average molecular weight is 617 g/mol. The second-order valence-corrected chi connectivity index (χ2v) is 11.3. The van der Waals surface area contributed by atoms with Crippen molar-refractivity contribution in [2.24, 2.45) is 0 Å². The lowest BCUT2D eigenvalue weighted by Gasteiger charge is -2.34. The first kappa shape index (κ1) is 30.8. The van der Waals surface area contributed by atoms with Crippen molar-refractivity contribution in [2.45, 2.75) is 44.9 Å². The van der Waals surface area contributed by atoms with E-state index in [2.05, 4.69) is 24.4 Å². The molecule has 46 heavy (non-hydrogen) atoms. The summed E-state index contributed by atoms with van der Waals surface area (Å²) in [6.45, 7) is 2.84. The molecule has 2 unspecified atom stereocenters. The predicted molar refractivity (Wildman–Crippen MR) is 175 cm³/mol. The number of nitrogens with zero attached hydrogens (tertiary/aromatic N) is 1. The molecule has 0 aliphatic carbocycles. The van der Waals surface area contributed by atoms with Crippen LogP contribution in [0.5, 0.6) is 11.5 Å². The van der Waals surface area contributed by atoms with Crippen LogP contribution in [0.15, 0.2) is 103 Å².